The number of rotatable bonds is 3. The summed E-state index contributed by atoms with van der Waals surface area (Å²) in [5.41, 5.74) is 4.65. The fourth-order valence-electron chi connectivity index (χ4n) is 7.64. The number of nitrogens with zero attached hydrogens (tertiary/aromatic N) is 1. The summed E-state index contributed by atoms with van der Waals surface area (Å²) in [5.74, 6) is 2.42. The molecule has 4 aliphatic rings. The minimum absolute atomic E-state index is 0.00434. The molecule has 164 valence electrons. The zero-order valence-electron chi connectivity index (χ0n) is 19.2. The first-order valence-electron chi connectivity index (χ1n) is 12.0. The van der Waals surface area contributed by atoms with E-state index in [1.165, 1.54) is 17.6 Å². The Morgan fingerprint density at radius 3 is 2.84 bits per heavy atom. The van der Waals surface area contributed by atoms with Crippen LogP contribution in [-0.2, 0) is 4.79 Å². The summed E-state index contributed by atoms with van der Waals surface area (Å²) in [6, 6.07) is 2.04. The lowest BCUT2D eigenvalue weighted by Crippen LogP contribution is -2.50. The second-order valence-corrected chi connectivity index (χ2v) is 10.8. The highest BCUT2D eigenvalue weighted by molar-refractivity contribution is 6.01. The van der Waals surface area contributed by atoms with Crippen LogP contribution >= 0.6 is 0 Å². The second-order valence-electron chi connectivity index (χ2n) is 10.8. The largest absolute Gasteiger partial charge is 0.290 e. The minimum Gasteiger partial charge on any atom is -0.290 e. The van der Waals surface area contributed by atoms with Crippen molar-refractivity contribution in [3.63, 3.8) is 0 Å². The van der Waals surface area contributed by atoms with E-state index in [0.717, 1.165) is 24.8 Å². The van der Waals surface area contributed by atoms with Gasteiger partial charge in [-0.25, -0.2) is 4.39 Å². The van der Waals surface area contributed by atoms with Crippen LogP contribution in [0, 0.1) is 34.5 Å². The first-order valence-corrected chi connectivity index (χ1v) is 12.0. The van der Waals surface area contributed by atoms with Gasteiger partial charge in [-0.15, -0.1) is 0 Å². The molecule has 0 bridgehead atoms. The molecular weight excluding hydrogens is 385 g/mol. The van der Waals surface area contributed by atoms with Crippen molar-refractivity contribution >= 4 is 11.4 Å². The molecule has 0 radical (unpaired) electrons. The van der Waals surface area contributed by atoms with Crippen molar-refractivity contribution in [3.8, 4) is 0 Å². The molecule has 1 aromatic rings. The van der Waals surface area contributed by atoms with E-state index in [1.54, 1.807) is 12.3 Å². The molecule has 0 amide bonds. The van der Waals surface area contributed by atoms with E-state index in [-0.39, 0.29) is 16.6 Å². The number of carbonyl (C=O) groups excluding carboxylic acids is 1. The van der Waals surface area contributed by atoms with E-state index in [2.05, 4.69) is 37.9 Å². The first-order chi connectivity index (χ1) is 14.8. The Labute approximate surface area is 185 Å². The molecule has 2 saturated carbocycles. The molecule has 1 aromatic heterocycles. The van der Waals surface area contributed by atoms with E-state index >= 15 is 0 Å². The van der Waals surface area contributed by atoms with Gasteiger partial charge >= 0.3 is 0 Å². The Morgan fingerprint density at radius 1 is 1.26 bits per heavy atom. The van der Waals surface area contributed by atoms with Gasteiger partial charge in [0.1, 0.15) is 6.17 Å². The third-order valence-electron chi connectivity index (χ3n) is 9.25. The number of pyridine rings is 1. The van der Waals surface area contributed by atoms with Gasteiger partial charge in [0.2, 0.25) is 0 Å². The third-order valence-corrected chi connectivity index (χ3v) is 9.25. The Balaban J connectivity index is 1.48. The molecule has 31 heavy (non-hydrogen) atoms. The molecule has 2 fully saturated rings. The number of allylic oxidation sites excluding steroid dienone is 6. The van der Waals surface area contributed by atoms with Gasteiger partial charge in [-0.1, -0.05) is 45.4 Å². The van der Waals surface area contributed by atoms with E-state index < -0.39 is 6.17 Å². The highest BCUT2D eigenvalue weighted by atomic mass is 19.1. The molecule has 0 N–H and O–H groups in total. The van der Waals surface area contributed by atoms with Crippen LogP contribution in [0.25, 0.3) is 5.57 Å². The lowest BCUT2D eigenvalue weighted by Gasteiger charge is -2.58. The van der Waals surface area contributed by atoms with Crippen LogP contribution in [0.3, 0.4) is 0 Å². The standard InChI is InChI=1S/C28H34FNO/c1-5-26(29)19-13-18(15-30-16-19)22-6-7-23-21-12-17(2)25-14-20(31)8-10-28(25,4)24(21)9-11-27(22,23)3/h6,8,10,13-17,21,23-24,26H,5,7,9,11-12H2,1-4H3/t17?,21-,23-,24-,26?,27+,28+/m0/s1. The Bertz CT molecular complexity index is 1010. The van der Waals surface area contributed by atoms with Gasteiger partial charge in [-0.2, -0.15) is 0 Å². The average molecular weight is 420 g/mol. The van der Waals surface area contributed by atoms with Gasteiger partial charge in [0.15, 0.2) is 5.78 Å². The average Bonchev–Trinajstić information content (AvgIpc) is 3.12. The van der Waals surface area contributed by atoms with Crippen molar-refractivity contribution < 1.29 is 9.18 Å². The molecule has 3 heteroatoms. The molecule has 2 nitrogen and oxygen atoms in total. The summed E-state index contributed by atoms with van der Waals surface area (Å²) in [4.78, 5) is 16.5. The van der Waals surface area contributed by atoms with E-state index in [4.69, 9.17) is 0 Å². The van der Waals surface area contributed by atoms with Crippen LogP contribution < -0.4 is 0 Å². The van der Waals surface area contributed by atoms with Crippen molar-refractivity contribution in [2.45, 2.75) is 66.0 Å². The van der Waals surface area contributed by atoms with Crippen molar-refractivity contribution in [1.29, 1.82) is 0 Å². The maximum absolute atomic E-state index is 14.4. The van der Waals surface area contributed by atoms with Gasteiger partial charge in [0, 0.05) is 23.4 Å². The zero-order valence-corrected chi connectivity index (χ0v) is 19.2. The van der Waals surface area contributed by atoms with Crippen molar-refractivity contribution in [1.82, 2.24) is 4.98 Å². The fourth-order valence-corrected chi connectivity index (χ4v) is 7.64. The summed E-state index contributed by atoms with van der Waals surface area (Å²) in [6.45, 7) is 8.98. The van der Waals surface area contributed by atoms with Gasteiger partial charge in [-0.05, 0) is 90.5 Å². The van der Waals surface area contributed by atoms with Gasteiger partial charge in [0.25, 0.3) is 0 Å². The van der Waals surface area contributed by atoms with Gasteiger partial charge in [-0.3, -0.25) is 9.78 Å². The normalized spacial score (nSPS) is 39.8. The minimum atomic E-state index is -0.945. The molecule has 0 aliphatic heterocycles. The van der Waals surface area contributed by atoms with Crippen LogP contribution in [-0.4, -0.2) is 10.8 Å². The van der Waals surface area contributed by atoms with Crippen molar-refractivity contribution in [2.75, 3.05) is 0 Å². The van der Waals surface area contributed by atoms with E-state index in [9.17, 15) is 9.18 Å². The van der Waals surface area contributed by atoms with Crippen LogP contribution in [0.5, 0.6) is 0 Å². The van der Waals surface area contributed by atoms with Crippen molar-refractivity contribution in [3.05, 3.63) is 59.5 Å². The lowest BCUT2D eigenvalue weighted by atomic mass is 9.46. The molecule has 0 aromatic carbocycles. The SMILES string of the molecule is CCC(F)c1cncc(C2=CC[C@H]3[C@@H]4CC(C)C5=CC(=O)C=C[C@]5(C)[C@H]4CC[C@]23C)c1. The molecular formula is C28H34FNO. The quantitative estimate of drug-likeness (QED) is 0.525. The highest BCUT2D eigenvalue weighted by Crippen LogP contribution is 2.66. The number of halogens is 1. The number of carbonyl (C=O) groups is 1. The summed E-state index contributed by atoms with van der Waals surface area (Å²) < 4.78 is 14.4. The highest BCUT2D eigenvalue weighted by Gasteiger charge is 2.57. The number of hydrogen-bond donors (Lipinski definition) is 0. The molecule has 1 heterocycles. The van der Waals surface area contributed by atoms with Crippen LogP contribution in [0.2, 0.25) is 0 Å². The number of fused-ring (bicyclic) bond motifs is 5. The summed E-state index contributed by atoms with van der Waals surface area (Å²) in [6.07, 6.45) is 16.1. The lowest BCUT2D eigenvalue weighted by molar-refractivity contribution is -0.111. The number of aromatic nitrogens is 1. The maximum atomic E-state index is 14.4. The Morgan fingerprint density at radius 2 is 2.06 bits per heavy atom. The van der Waals surface area contributed by atoms with Gasteiger partial charge in [0.05, 0.1) is 0 Å². The molecule has 5 rings (SSSR count). The van der Waals surface area contributed by atoms with Crippen molar-refractivity contribution in [2.24, 2.45) is 34.5 Å². The molecule has 4 aliphatic carbocycles. The Hall–Kier alpha value is -2.03. The topological polar surface area (TPSA) is 30.0 Å². The number of ketones is 1. The predicted octanol–water partition coefficient (Wildman–Crippen LogP) is 7.05. The van der Waals surface area contributed by atoms with Crippen LogP contribution in [0.15, 0.2) is 48.3 Å². The zero-order chi connectivity index (χ0) is 22.0. The second kappa shape index (κ2) is 7.25. The third kappa shape index (κ3) is 3.02. The predicted molar refractivity (Wildman–Crippen MR) is 123 cm³/mol. The summed E-state index contributed by atoms with van der Waals surface area (Å²) >= 11 is 0. The Kier molecular flexibility index (Phi) is 4.88. The number of alkyl halides is 1. The fraction of sp³-hybridized carbons (Fsp3) is 0.571. The maximum Gasteiger partial charge on any atom is 0.178 e. The van der Waals surface area contributed by atoms with E-state index in [0.29, 0.717) is 35.7 Å². The summed E-state index contributed by atoms with van der Waals surface area (Å²) in [5, 5.41) is 0. The molecule has 0 spiro atoms. The smallest absolute Gasteiger partial charge is 0.178 e. The van der Waals surface area contributed by atoms with Crippen LogP contribution in [0.1, 0.15) is 77.1 Å². The number of hydrogen-bond acceptors (Lipinski definition) is 2. The molecule has 2 unspecified atom stereocenters. The monoisotopic (exact) mass is 419 g/mol. The molecule has 7 atom stereocenters. The summed E-state index contributed by atoms with van der Waals surface area (Å²) in [7, 11) is 0. The molecule has 0 saturated heterocycles. The van der Waals surface area contributed by atoms with Crippen LogP contribution in [0.4, 0.5) is 4.39 Å². The van der Waals surface area contributed by atoms with E-state index in [1.807, 2.05) is 25.3 Å². The van der Waals surface area contributed by atoms with Gasteiger partial charge < -0.3 is 0 Å². The first kappa shape index (κ1) is 20.8.